The molecule has 0 bridgehead atoms. The number of carbonyl (C=O) groups is 1. The third-order valence-corrected chi connectivity index (χ3v) is 7.98. The van der Waals surface area contributed by atoms with Gasteiger partial charge in [0.1, 0.15) is 0 Å². The van der Waals surface area contributed by atoms with E-state index in [2.05, 4.69) is 20.8 Å². The van der Waals surface area contributed by atoms with Crippen LogP contribution in [0.5, 0.6) is 0 Å². The summed E-state index contributed by atoms with van der Waals surface area (Å²) in [5, 5.41) is 24.9. The molecule has 0 radical (unpaired) electrons. The van der Waals surface area contributed by atoms with Gasteiger partial charge >= 0.3 is 0 Å². The van der Waals surface area contributed by atoms with Gasteiger partial charge in [-0.15, -0.1) is 5.10 Å². The van der Waals surface area contributed by atoms with Crippen LogP contribution in [0.2, 0.25) is 0 Å². The van der Waals surface area contributed by atoms with Crippen molar-refractivity contribution in [3.63, 3.8) is 0 Å². The Kier molecular flexibility index (Phi) is 9.82. The van der Waals surface area contributed by atoms with Crippen molar-refractivity contribution in [2.45, 2.75) is 47.0 Å². The van der Waals surface area contributed by atoms with Crippen LogP contribution in [0.15, 0.2) is 84.0 Å². The van der Waals surface area contributed by atoms with Gasteiger partial charge in [0.15, 0.2) is 6.29 Å². The van der Waals surface area contributed by atoms with E-state index in [9.17, 15) is 9.90 Å². The Bertz CT molecular complexity index is 1440. The van der Waals surface area contributed by atoms with Gasteiger partial charge < -0.3 is 19.9 Å². The molecule has 1 aliphatic heterocycles. The fraction of sp³-hybridized carbons (Fsp3) is 0.286. The smallest absolute Gasteiger partial charge is 0.272 e. The minimum absolute atomic E-state index is 0.0264. The van der Waals surface area contributed by atoms with Crippen molar-refractivity contribution in [3.05, 3.63) is 101 Å². The minimum atomic E-state index is -2.02. The van der Waals surface area contributed by atoms with E-state index in [-0.39, 0.29) is 25.4 Å². The Labute approximate surface area is 256 Å². The number of thioether (sulfide) groups is 1. The van der Waals surface area contributed by atoms with Crippen LogP contribution < -0.4 is 5.32 Å². The number of nitrogens with zero attached hydrogens (tertiary/aromatic N) is 4. The first-order valence-electron chi connectivity index (χ1n) is 12.7. The highest BCUT2D eigenvalue weighted by atomic mass is 35.6. The number of nitrogens with one attached hydrogen (secondary N) is 1. The maximum atomic E-state index is 11.9. The lowest BCUT2D eigenvalue weighted by molar-refractivity contribution is -0.245. The average Bonchev–Trinajstić information content (AvgIpc) is 3.48. The van der Waals surface area contributed by atoms with Gasteiger partial charge in [0, 0.05) is 24.3 Å². The Hall–Kier alpha value is -2.70. The summed E-state index contributed by atoms with van der Waals surface area (Å²) >= 11 is 18.4. The molecule has 1 aliphatic rings. The lowest BCUT2D eigenvalue weighted by Crippen LogP contribution is -2.34. The summed E-state index contributed by atoms with van der Waals surface area (Å²) in [7, 11) is 0. The van der Waals surface area contributed by atoms with Crippen molar-refractivity contribution in [1.29, 1.82) is 0 Å². The molecule has 5 rings (SSSR count). The van der Waals surface area contributed by atoms with Crippen LogP contribution in [-0.2, 0) is 27.4 Å². The molecule has 0 saturated carbocycles. The van der Waals surface area contributed by atoms with E-state index in [1.807, 2.05) is 78.9 Å². The summed E-state index contributed by atoms with van der Waals surface area (Å²) in [4.78, 5) is 11.9. The number of hydrogen-bond acceptors (Lipinski definition) is 8. The first-order chi connectivity index (χ1) is 19.8. The molecular formula is C28H26Cl3N5O4S. The minimum Gasteiger partial charge on any atom is -0.392 e. The molecule has 3 aromatic carbocycles. The predicted molar refractivity (Wildman–Crippen MR) is 157 cm³/mol. The summed E-state index contributed by atoms with van der Waals surface area (Å²) in [6.45, 7) is 0.177. The molecule has 1 saturated heterocycles. The second-order valence-corrected chi connectivity index (χ2v) is 12.6. The molecule has 0 spiro atoms. The molecule has 1 fully saturated rings. The SMILES string of the molecule is O=C(NCc1ccc([C@@H]2O[C@H](CSc3nnnn3-c3ccccc3)C[C@H](c3ccc(CO)cc3)O2)cc1)C(Cl)(Cl)Cl. The number of ether oxygens (including phenoxy) is 2. The number of para-hydroxylation sites is 1. The highest BCUT2D eigenvalue weighted by Crippen LogP contribution is 2.39. The number of tetrazole rings is 1. The monoisotopic (exact) mass is 633 g/mol. The first-order valence-corrected chi connectivity index (χ1v) is 14.8. The van der Waals surface area contributed by atoms with E-state index in [1.165, 1.54) is 11.8 Å². The predicted octanol–water partition coefficient (Wildman–Crippen LogP) is 5.48. The third-order valence-electron chi connectivity index (χ3n) is 6.42. The molecule has 4 aromatic rings. The largest absolute Gasteiger partial charge is 0.392 e. The van der Waals surface area contributed by atoms with Crippen LogP contribution in [-0.4, -0.2) is 46.9 Å². The zero-order valence-electron chi connectivity index (χ0n) is 21.6. The standard InChI is InChI=1S/C28H26Cl3N5O4S/c29-28(30,31)26(38)32-15-18-6-12-21(13-7-18)25-39-23(14-24(40-25)20-10-8-19(16-37)9-11-20)17-41-27-33-34-35-36(27)22-4-2-1-3-5-22/h1-13,23-25,37H,14-17H2,(H,32,38)/t23-,24+,25+/m0/s1. The number of rotatable bonds is 9. The number of carbonyl (C=O) groups excluding carboxylic acids is 1. The number of halogens is 3. The molecule has 0 aliphatic carbocycles. The van der Waals surface area contributed by atoms with E-state index in [0.717, 1.165) is 27.9 Å². The van der Waals surface area contributed by atoms with Crippen LogP contribution in [0.3, 0.4) is 0 Å². The second kappa shape index (κ2) is 13.5. The van der Waals surface area contributed by atoms with Crippen LogP contribution in [0.25, 0.3) is 5.69 Å². The van der Waals surface area contributed by atoms with Gasteiger partial charge in [-0.05, 0) is 39.2 Å². The summed E-state index contributed by atoms with van der Waals surface area (Å²) in [6, 6.07) is 24.9. The Balaban J connectivity index is 1.31. The normalized spacial score (nSPS) is 19.2. The summed E-state index contributed by atoms with van der Waals surface area (Å²) in [5.41, 5.74) is 4.34. The Morgan fingerprint density at radius 3 is 2.34 bits per heavy atom. The third kappa shape index (κ3) is 7.78. The van der Waals surface area contributed by atoms with E-state index < -0.39 is 16.0 Å². The Morgan fingerprint density at radius 2 is 1.66 bits per heavy atom. The first kappa shape index (κ1) is 29.8. The molecule has 2 heterocycles. The number of aromatic nitrogens is 4. The van der Waals surface area contributed by atoms with Gasteiger partial charge in [-0.3, -0.25) is 4.79 Å². The van der Waals surface area contributed by atoms with Gasteiger partial charge in [-0.25, -0.2) is 0 Å². The van der Waals surface area contributed by atoms with Crippen molar-refractivity contribution in [1.82, 2.24) is 25.5 Å². The molecule has 9 nitrogen and oxygen atoms in total. The molecule has 1 amide bonds. The van der Waals surface area contributed by atoms with Crippen molar-refractivity contribution >= 4 is 52.5 Å². The lowest BCUT2D eigenvalue weighted by Gasteiger charge is -2.36. The van der Waals surface area contributed by atoms with Crippen molar-refractivity contribution in [2.24, 2.45) is 0 Å². The van der Waals surface area contributed by atoms with Crippen molar-refractivity contribution in [2.75, 3.05) is 5.75 Å². The average molecular weight is 635 g/mol. The maximum Gasteiger partial charge on any atom is 0.272 e. The summed E-state index contributed by atoms with van der Waals surface area (Å²) < 4.78 is 12.5. The van der Waals surface area contributed by atoms with Crippen LogP contribution in [0.1, 0.15) is 41.1 Å². The fourth-order valence-electron chi connectivity index (χ4n) is 4.27. The highest BCUT2D eigenvalue weighted by molar-refractivity contribution is 7.99. The van der Waals surface area contributed by atoms with Gasteiger partial charge in [-0.1, -0.05) is 113 Å². The van der Waals surface area contributed by atoms with Gasteiger partial charge in [-0.2, -0.15) is 4.68 Å². The van der Waals surface area contributed by atoms with E-state index in [0.29, 0.717) is 17.3 Å². The van der Waals surface area contributed by atoms with Gasteiger partial charge in [0.2, 0.25) is 5.16 Å². The fourth-order valence-corrected chi connectivity index (χ4v) is 5.37. The second-order valence-electron chi connectivity index (χ2n) is 9.29. The zero-order chi connectivity index (χ0) is 28.8. The number of aliphatic hydroxyl groups is 1. The molecule has 3 atom stereocenters. The molecular weight excluding hydrogens is 609 g/mol. The highest BCUT2D eigenvalue weighted by Gasteiger charge is 2.33. The van der Waals surface area contributed by atoms with Gasteiger partial charge in [0.25, 0.3) is 9.70 Å². The van der Waals surface area contributed by atoms with E-state index in [1.54, 1.807) is 4.68 Å². The summed E-state index contributed by atoms with van der Waals surface area (Å²) in [6.07, 6.45) is -0.423. The maximum absolute atomic E-state index is 11.9. The number of amides is 1. The summed E-state index contributed by atoms with van der Waals surface area (Å²) in [5.74, 6) is -0.0985. The van der Waals surface area contributed by atoms with Crippen LogP contribution in [0, 0.1) is 0 Å². The molecule has 41 heavy (non-hydrogen) atoms. The van der Waals surface area contributed by atoms with Crippen LogP contribution in [0.4, 0.5) is 0 Å². The molecule has 2 N–H and O–H groups in total. The van der Waals surface area contributed by atoms with Gasteiger partial charge in [0.05, 0.1) is 24.5 Å². The molecule has 1 aromatic heterocycles. The van der Waals surface area contributed by atoms with Crippen molar-refractivity contribution < 1.29 is 19.4 Å². The number of benzene rings is 3. The Morgan fingerprint density at radius 1 is 0.976 bits per heavy atom. The topological polar surface area (TPSA) is 111 Å². The molecule has 214 valence electrons. The quantitative estimate of drug-likeness (QED) is 0.184. The number of alkyl halides is 3. The number of aliphatic hydroxyl groups excluding tert-OH is 1. The van der Waals surface area contributed by atoms with Crippen LogP contribution >= 0.6 is 46.6 Å². The van der Waals surface area contributed by atoms with E-state index >= 15 is 0 Å². The lowest BCUT2D eigenvalue weighted by atomic mass is 10.0. The molecule has 0 unspecified atom stereocenters. The zero-order valence-corrected chi connectivity index (χ0v) is 24.7. The number of hydrogen-bond donors (Lipinski definition) is 2. The van der Waals surface area contributed by atoms with E-state index in [4.69, 9.17) is 44.3 Å². The molecule has 13 heteroatoms. The van der Waals surface area contributed by atoms with Crippen molar-refractivity contribution in [3.8, 4) is 5.69 Å².